The molecule has 4 aromatic rings. The van der Waals surface area contributed by atoms with E-state index in [1.165, 1.54) is 4.90 Å². The van der Waals surface area contributed by atoms with Crippen molar-refractivity contribution in [2.24, 2.45) is 29.6 Å². The van der Waals surface area contributed by atoms with Gasteiger partial charge in [0.15, 0.2) is 6.61 Å². The van der Waals surface area contributed by atoms with E-state index in [9.17, 15) is 19.2 Å². The number of rotatable bonds is 7. The number of thiazole rings is 1. The number of hydrogen-bond acceptors (Lipinski definition) is 8. The average Bonchev–Trinajstić information content (AvgIpc) is 3.79. The molecule has 0 spiro atoms. The molecule has 3 heterocycles. The monoisotopic (exact) mass is 687 g/mol. The van der Waals surface area contributed by atoms with Crippen LogP contribution in [0.5, 0.6) is 11.5 Å². The zero-order chi connectivity index (χ0) is 32.6. The van der Waals surface area contributed by atoms with Crippen LogP contribution < -0.4 is 24.6 Å². The van der Waals surface area contributed by atoms with Gasteiger partial charge < -0.3 is 19.8 Å². The van der Waals surface area contributed by atoms with Crippen molar-refractivity contribution >= 4 is 63.8 Å². The second-order valence-corrected chi connectivity index (χ2v) is 15.2. The minimum atomic E-state index is -0.458. The smallest absolute Gasteiger partial charge is 0.305 e. The molecule has 2 bridgehead atoms. The Labute approximate surface area is 283 Å². The van der Waals surface area contributed by atoms with E-state index in [2.05, 4.69) is 10.3 Å². The van der Waals surface area contributed by atoms with Crippen LogP contribution in [0.15, 0.2) is 76.6 Å². The maximum Gasteiger partial charge on any atom is 0.305 e. The van der Waals surface area contributed by atoms with Crippen LogP contribution >= 0.6 is 34.7 Å². The van der Waals surface area contributed by atoms with E-state index in [1.807, 2.05) is 37.3 Å². The highest BCUT2D eigenvalue weighted by Gasteiger charge is 2.69. The van der Waals surface area contributed by atoms with Gasteiger partial charge >= 0.3 is 4.87 Å². The summed E-state index contributed by atoms with van der Waals surface area (Å²) in [4.78, 5) is 58.8. The number of amides is 3. The minimum absolute atomic E-state index is 0.00646. The van der Waals surface area contributed by atoms with Crippen molar-refractivity contribution < 1.29 is 23.9 Å². The number of anilines is 2. The van der Waals surface area contributed by atoms with Crippen LogP contribution in [0.2, 0.25) is 5.02 Å². The number of halogens is 1. The molecule has 240 valence electrons. The number of hydrogen-bond donors (Lipinski definition) is 2. The van der Waals surface area contributed by atoms with Gasteiger partial charge in [0.2, 0.25) is 11.8 Å². The van der Waals surface area contributed by atoms with Gasteiger partial charge in [-0.15, -0.1) is 11.8 Å². The number of carbonyl (C=O) groups excluding carboxylic acids is 3. The summed E-state index contributed by atoms with van der Waals surface area (Å²) in [6.45, 7) is 1.73. The number of fused-ring (bicyclic) bond motifs is 9. The van der Waals surface area contributed by atoms with Gasteiger partial charge in [-0.3, -0.25) is 24.1 Å². The molecule has 8 rings (SSSR count). The normalized spacial score (nSPS) is 27.0. The number of nitrogens with one attached hydrogen (secondary N) is 2. The van der Waals surface area contributed by atoms with Crippen molar-refractivity contribution in [1.82, 2.24) is 4.98 Å². The maximum absolute atomic E-state index is 14.1. The van der Waals surface area contributed by atoms with Gasteiger partial charge in [0, 0.05) is 32.3 Å². The molecule has 2 saturated carbocycles. The second-order valence-electron chi connectivity index (χ2n) is 12.6. The fourth-order valence-corrected chi connectivity index (χ4v) is 11.4. The second kappa shape index (κ2) is 11.6. The zero-order valence-electron chi connectivity index (χ0n) is 25.4. The zero-order valence-corrected chi connectivity index (χ0v) is 27.8. The Hall–Kier alpha value is -4.06. The molecule has 2 aliphatic carbocycles. The molecule has 4 unspecified atom stereocenters. The van der Waals surface area contributed by atoms with Gasteiger partial charge in [-0.05, 0) is 91.3 Å². The largest absolute Gasteiger partial charge is 0.497 e. The van der Waals surface area contributed by atoms with Crippen LogP contribution in [0.3, 0.4) is 0 Å². The van der Waals surface area contributed by atoms with E-state index >= 15 is 0 Å². The summed E-state index contributed by atoms with van der Waals surface area (Å²) in [5.74, 6) is -0.894. The highest BCUT2D eigenvalue weighted by molar-refractivity contribution is 8.00. The fraction of sp³-hybridized carbons (Fsp3) is 0.314. The summed E-state index contributed by atoms with van der Waals surface area (Å²) in [7, 11) is 1.57. The fourth-order valence-electron chi connectivity index (χ4n) is 8.31. The van der Waals surface area contributed by atoms with E-state index in [0.717, 1.165) is 38.8 Å². The van der Waals surface area contributed by atoms with Gasteiger partial charge in [-0.25, -0.2) is 0 Å². The van der Waals surface area contributed by atoms with E-state index in [0.29, 0.717) is 27.9 Å². The Morgan fingerprint density at radius 3 is 2.53 bits per heavy atom. The van der Waals surface area contributed by atoms with Gasteiger partial charge in [-0.1, -0.05) is 35.1 Å². The number of aryl methyl sites for hydroxylation is 1. The van der Waals surface area contributed by atoms with E-state index < -0.39 is 11.8 Å². The number of nitrogens with zero attached hydrogens (tertiary/aromatic N) is 1. The van der Waals surface area contributed by atoms with Gasteiger partial charge in [0.1, 0.15) is 11.5 Å². The van der Waals surface area contributed by atoms with Crippen LogP contribution in [0.1, 0.15) is 28.3 Å². The van der Waals surface area contributed by atoms with Crippen LogP contribution in [0, 0.1) is 36.5 Å². The van der Waals surface area contributed by atoms with Crippen molar-refractivity contribution in [3.63, 3.8) is 0 Å². The number of thioether (sulfide) groups is 1. The molecule has 3 aromatic carbocycles. The van der Waals surface area contributed by atoms with Crippen molar-refractivity contribution in [1.29, 1.82) is 0 Å². The molecule has 7 atom stereocenters. The van der Waals surface area contributed by atoms with Gasteiger partial charge in [0.05, 0.1) is 29.7 Å². The molecule has 1 saturated heterocycles. The molecular weight excluding hydrogens is 658 g/mol. The van der Waals surface area contributed by atoms with E-state index in [1.54, 1.807) is 55.3 Å². The molecule has 2 aliphatic heterocycles. The molecule has 4 aliphatic rings. The molecule has 0 radical (unpaired) electrons. The first kappa shape index (κ1) is 30.3. The van der Waals surface area contributed by atoms with Crippen molar-refractivity contribution in [2.75, 3.05) is 23.9 Å². The Morgan fingerprint density at radius 1 is 1.02 bits per heavy atom. The Kier molecular flexibility index (Phi) is 7.46. The van der Waals surface area contributed by atoms with Crippen molar-refractivity contribution in [3.8, 4) is 11.5 Å². The summed E-state index contributed by atoms with van der Waals surface area (Å²) in [6, 6.07) is 19.8. The molecule has 3 amide bonds. The standard InChI is InChI=1S/C35H30ClN3O6S2/c1-16-4-3-5-18(12-16)37-25(40)15-45-24-11-6-17(36)13-21(24)26-27-22-14-23(30(27)46-32-31(26)47-35(43)38-32)29-28(22)33(41)39(34(29)42)19-7-9-20(44-2)10-8-19/h3-13,22-23,26-30H,14-15H2,1-2H3,(H,37,40)(H,38,43)/t22-,23-,26-,27?,28?,29?,30?/m1/s1. The lowest BCUT2D eigenvalue weighted by atomic mass is 9.68. The van der Waals surface area contributed by atoms with Gasteiger partial charge in [-0.2, -0.15) is 0 Å². The first-order valence-corrected chi connectivity index (χ1v) is 17.5. The summed E-state index contributed by atoms with van der Waals surface area (Å²) >= 11 is 9.36. The number of imide groups is 1. The van der Waals surface area contributed by atoms with E-state index in [-0.39, 0.29) is 58.1 Å². The summed E-state index contributed by atoms with van der Waals surface area (Å²) in [5.41, 5.74) is 3.01. The topological polar surface area (TPSA) is 118 Å². The van der Waals surface area contributed by atoms with Crippen molar-refractivity contribution in [2.45, 2.75) is 29.5 Å². The van der Waals surface area contributed by atoms with Crippen LogP contribution in [0.25, 0.3) is 0 Å². The lowest BCUT2D eigenvalue weighted by Crippen LogP contribution is -2.42. The quantitative estimate of drug-likeness (QED) is 0.226. The third-order valence-electron chi connectivity index (χ3n) is 10.0. The SMILES string of the molecule is COc1ccc(N2C(=O)C3C(C2=O)[C@@H]2C[C@H]3C3Sc4[nH]c(=O)sc4[C@H](c4cc(Cl)ccc4OCC(=O)Nc4cccc(C)c4)C32)cc1. The predicted molar refractivity (Wildman–Crippen MR) is 181 cm³/mol. The molecule has 47 heavy (non-hydrogen) atoms. The molecule has 1 aromatic heterocycles. The van der Waals surface area contributed by atoms with E-state index in [4.69, 9.17) is 21.1 Å². The molecule has 9 nitrogen and oxygen atoms in total. The number of methoxy groups -OCH3 is 1. The Bertz CT molecular complexity index is 1990. The molecule has 3 fully saturated rings. The number of benzene rings is 3. The summed E-state index contributed by atoms with van der Waals surface area (Å²) in [6.07, 6.45) is 0.747. The number of ether oxygens (including phenoxy) is 2. The highest BCUT2D eigenvalue weighted by atomic mass is 35.5. The Morgan fingerprint density at radius 2 is 1.79 bits per heavy atom. The number of aromatic amines is 1. The highest BCUT2D eigenvalue weighted by Crippen LogP contribution is 2.69. The lowest BCUT2D eigenvalue weighted by Gasteiger charge is -2.43. The molecule has 12 heteroatoms. The van der Waals surface area contributed by atoms with Crippen molar-refractivity contribution in [3.05, 3.63) is 97.4 Å². The molecular formula is C35H30ClN3O6S2. The number of H-pyrrole nitrogens is 1. The summed E-state index contributed by atoms with van der Waals surface area (Å²) in [5, 5.41) is 4.15. The molecule has 2 N–H and O–H groups in total. The first-order valence-electron chi connectivity index (χ1n) is 15.4. The minimum Gasteiger partial charge on any atom is -0.497 e. The summed E-state index contributed by atoms with van der Waals surface area (Å²) < 4.78 is 11.5. The van der Waals surface area contributed by atoms with Crippen LogP contribution in [-0.2, 0) is 14.4 Å². The third kappa shape index (κ3) is 4.98. The Balaban J connectivity index is 1.13. The number of aromatic nitrogens is 1. The third-order valence-corrected chi connectivity index (χ3v) is 12.8. The average molecular weight is 688 g/mol. The lowest BCUT2D eigenvalue weighted by molar-refractivity contribution is -0.123. The van der Waals surface area contributed by atoms with Crippen LogP contribution in [-0.4, -0.2) is 41.7 Å². The predicted octanol–water partition coefficient (Wildman–Crippen LogP) is 6.10. The first-order chi connectivity index (χ1) is 22.7. The van der Waals surface area contributed by atoms with Gasteiger partial charge in [0.25, 0.3) is 5.91 Å². The van der Waals surface area contributed by atoms with Crippen LogP contribution in [0.4, 0.5) is 11.4 Å². The maximum atomic E-state index is 14.1. The number of carbonyl (C=O) groups is 3.